The maximum Gasteiger partial charge on any atom is 0.312 e. The quantitative estimate of drug-likeness (QED) is 0.522. The summed E-state index contributed by atoms with van der Waals surface area (Å²) in [5.74, 6) is 1.32. The van der Waals surface area contributed by atoms with Gasteiger partial charge in [0.05, 0.1) is 17.6 Å². The molecule has 2 aromatic heterocycles. The Morgan fingerprint density at radius 1 is 1.33 bits per heavy atom. The summed E-state index contributed by atoms with van der Waals surface area (Å²) >= 11 is 0. The highest BCUT2D eigenvalue weighted by Gasteiger charge is 2.23. The van der Waals surface area contributed by atoms with Gasteiger partial charge in [-0.15, -0.1) is 0 Å². The molecule has 9 heteroatoms. The first-order chi connectivity index (χ1) is 11.5. The molecule has 1 aromatic carbocycles. The van der Waals surface area contributed by atoms with E-state index >= 15 is 0 Å². The zero-order chi connectivity index (χ0) is 17.3. The van der Waals surface area contributed by atoms with Crippen molar-refractivity contribution < 1.29 is 14.2 Å². The van der Waals surface area contributed by atoms with Crippen LogP contribution in [0, 0.1) is 24.0 Å². The Morgan fingerprint density at radius 3 is 2.75 bits per heavy atom. The number of methoxy groups -OCH3 is 1. The highest BCUT2D eigenvalue weighted by atomic mass is 16.6. The average molecular weight is 329 g/mol. The van der Waals surface area contributed by atoms with Gasteiger partial charge in [0.1, 0.15) is 23.7 Å². The van der Waals surface area contributed by atoms with Gasteiger partial charge in [-0.2, -0.15) is 10.1 Å². The van der Waals surface area contributed by atoms with Gasteiger partial charge >= 0.3 is 5.69 Å². The minimum atomic E-state index is -0.442. The molecule has 0 unspecified atom stereocenters. The van der Waals surface area contributed by atoms with Crippen LogP contribution in [0.5, 0.6) is 5.75 Å². The number of aryl methyl sites for hydroxylation is 1. The molecule has 0 aliphatic carbocycles. The minimum absolute atomic E-state index is 0.000493. The topological polar surface area (TPSA) is 109 Å². The van der Waals surface area contributed by atoms with E-state index in [0.717, 1.165) is 0 Å². The Bertz CT molecular complexity index is 899. The van der Waals surface area contributed by atoms with Crippen molar-refractivity contribution in [3.05, 3.63) is 51.7 Å². The first-order valence-electron chi connectivity index (χ1n) is 7.15. The molecule has 0 fully saturated rings. The number of hydrogen-bond donors (Lipinski definition) is 0. The summed E-state index contributed by atoms with van der Waals surface area (Å²) in [5, 5.41) is 19.2. The van der Waals surface area contributed by atoms with E-state index in [1.807, 2.05) is 18.2 Å². The Morgan fingerprint density at radius 2 is 2.08 bits per heavy atom. The van der Waals surface area contributed by atoms with Crippen LogP contribution < -0.4 is 4.74 Å². The lowest BCUT2D eigenvalue weighted by Gasteiger charge is -2.03. The molecule has 0 saturated heterocycles. The van der Waals surface area contributed by atoms with E-state index in [1.165, 1.54) is 4.68 Å². The monoisotopic (exact) mass is 329 g/mol. The third-order valence-electron chi connectivity index (χ3n) is 3.63. The summed E-state index contributed by atoms with van der Waals surface area (Å²) in [6.07, 6.45) is 0. The predicted molar refractivity (Wildman–Crippen MR) is 83.7 cm³/mol. The summed E-state index contributed by atoms with van der Waals surface area (Å²) in [6.45, 7) is 3.38. The first kappa shape index (κ1) is 15.7. The van der Waals surface area contributed by atoms with E-state index < -0.39 is 4.92 Å². The molecule has 0 radical (unpaired) electrons. The van der Waals surface area contributed by atoms with Crippen molar-refractivity contribution in [2.45, 2.75) is 20.4 Å². The molecule has 3 rings (SSSR count). The summed E-state index contributed by atoms with van der Waals surface area (Å²) in [7, 11) is 1.56. The van der Waals surface area contributed by atoms with Crippen molar-refractivity contribution >= 4 is 5.69 Å². The van der Waals surface area contributed by atoms with Crippen LogP contribution in [0.1, 0.15) is 17.3 Å². The fourth-order valence-corrected chi connectivity index (χ4v) is 2.49. The van der Waals surface area contributed by atoms with Crippen molar-refractivity contribution in [3.63, 3.8) is 0 Å². The molecule has 0 atom stereocenters. The van der Waals surface area contributed by atoms with Crippen LogP contribution in [0.15, 0.2) is 28.8 Å². The molecule has 0 N–H and O–H groups in total. The highest BCUT2D eigenvalue weighted by Crippen LogP contribution is 2.27. The van der Waals surface area contributed by atoms with Crippen LogP contribution in [0.25, 0.3) is 11.4 Å². The van der Waals surface area contributed by atoms with Crippen molar-refractivity contribution in [1.82, 2.24) is 19.9 Å². The van der Waals surface area contributed by atoms with Gasteiger partial charge in [-0.05, 0) is 26.0 Å². The van der Waals surface area contributed by atoms with Crippen LogP contribution in [0.3, 0.4) is 0 Å². The fourth-order valence-electron chi connectivity index (χ4n) is 2.49. The SMILES string of the molecule is COc1ccccc1-c1noc(Cn2nc(C)c([N+](=O)[O-])c2C)n1. The largest absolute Gasteiger partial charge is 0.496 e. The van der Waals surface area contributed by atoms with Crippen LogP contribution >= 0.6 is 0 Å². The number of nitro groups is 1. The van der Waals surface area contributed by atoms with E-state index in [0.29, 0.717) is 34.4 Å². The second kappa shape index (κ2) is 6.11. The second-order valence-electron chi connectivity index (χ2n) is 5.15. The van der Waals surface area contributed by atoms with Crippen LogP contribution in [-0.4, -0.2) is 32.0 Å². The standard InChI is InChI=1S/C15H15N5O4/c1-9-14(20(21)22)10(2)19(17-9)8-13-16-15(18-24-13)11-6-4-5-7-12(11)23-3/h4-7H,8H2,1-3H3. The van der Waals surface area contributed by atoms with Gasteiger partial charge in [-0.25, -0.2) is 0 Å². The van der Waals surface area contributed by atoms with Gasteiger partial charge in [0.2, 0.25) is 11.7 Å². The summed E-state index contributed by atoms with van der Waals surface area (Å²) in [4.78, 5) is 14.9. The summed E-state index contributed by atoms with van der Waals surface area (Å²) in [5.41, 5.74) is 1.49. The maximum atomic E-state index is 11.1. The van der Waals surface area contributed by atoms with E-state index in [1.54, 1.807) is 27.0 Å². The predicted octanol–water partition coefficient (Wildman–Crippen LogP) is 2.52. The number of nitrogens with zero attached hydrogens (tertiary/aromatic N) is 5. The number of hydrogen-bond acceptors (Lipinski definition) is 7. The molecule has 0 saturated carbocycles. The van der Waals surface area contributed by atoms with Gasteiger partial charge in [0, 0.05) is 0 Å². The molecule has 0 amide bonds. The third-order valence-corrected chi connectivity index (χ3v) is 3.63. The molecule has 2 heterocycles. The highest BCUT2D eigenvalue weighted by molar-refractivity contribution is 5.63. The van der Waals surface area contributed by atoms with Gasteiger partial charge in [0.25, 0.3) is 0 Å². The lowest BCUT2D eigenvalue weighted by Crippen LogP contribution is -2.04. The van der Waals surface area contributed by atoms with E-state index in [2.05, 4.69) is 15.2 Å². The molecular weight excluding hydrogens is 314 g/mol. The Labute approximate surface area is 137 Å². The second-order valence-corrected chi connectivity index (χ2v) is 5.15. The zero-order valence-electron chi connectivity index (χ0n) is 13.4. The maximum absolute atomic E-state index is 11.1. The molecule has 124 valence electrons. The van der Waals surface area contributed by atoms with Gasteiger partial charge in [0.15, 0.2) is 0 Å². The van der Waals surface area contributed by atoms with Crippen LogP contribution in [-0.2, 0) is 6.54 Å². The average Bonchev–Trinajstić information content (AvgIpc) is 3.12. The van der Waals surface area contributed by atoms with Crippen LogP contribution in [0.2, 0.25) is 0 Å². The molecular formula is C15H15N5O4. The number of benzene rings is 1. The smallest absolute Gasteiger partial charge is 0.312 e. The number of ether oxygens (including phenoxy) is 1. The molecule has 0 bridgehead atoms. The van der Waals surface area contributed by atoms with E-state index in [4.69, 9.17) is 9.26 Å². The number of para-hydroxylation sites is 1. The van der Waals surface area contributed by atoms with Gasteiger partial charge in [-0.1, -0.05) is 17.3 Å². The van der Waals surface area contributed by atoms with Crippen molar-refractivity contribution in [2.75, 3.05) is 7.11 Å². The minimum Gasteiger partial charge on any atom is -0.496 e. The third kappa shape index (κ3) is 2.71. The van der Waals surface area contributed by atoms with Crippen molar-refractivity contribution in [1.29, 1.82) is 0 Å². The Kier molecular flexibility index (Phi) is 3.98. The molecule has 3 aromatic rings. The normalized spacial score (nSPS) is 10.8. The van der Waals surface area contributed by atoms with Crippen LogP contribution in [0.4, 0.5) is 5.69 Å². The number of aromatic nitrogens is 4. The molecule has 0 aliphatic rings. The first-order valence-corrected chi connectivity index (χ1v) is 7.15. The lowest BCUT2D eigenvalue weighted by atomic mass is 10.2. The summed E-state index contributed by atoms with van der Waals surface area (Å²) in [6, 6.07) is 7.31. The van der Waals surface area contributed by atoms with Crippen molar-refractivity contribution in [3.8, 4) is 17.1 Å². The summed E-state index contributed by atoms with van der Waals surface area (Å²) < 4.78 is 12.0. The molecule has 24 heavy (non-hydrogen) atoms. The molecule has 0 spiro atoms. The molecule has 9 nitrogen and oxygen atoms in total. The van der Waals surface area contributed by atoms with Gasteiger partial charge < -0.3 is 9.26 Å². The Hall–Kier alpha value is -3.23. The molecule has 0 aliphatic heterocycles. The Balaban J connectivity index is 1.90. The number of rotatable bonds is 5. The van der Waals surface area contributed by atoms with Crippen molar-refractivity contribution in [2.24, 2.45) is 0 Å². The fraction of sp³-hybridized carbons (Fsp3) is 0.267. The van der Waals surface area contributed by atoms with Gasteiger partial charge in [-0.3, -0.25) is 14.8 Å². The lowest BCUT2D eigenvalue weighted by molar-refractivity contribution is -0.386. The van der Waals surface area contributed by atoms with E-state index in [-0.39, 0.29) is 12.2 Å². The van der Waals surface area contributed by atoms with E-state index in [9.17, 15) is 10.1 Å². The zero-order valence-corrected chi connectivity index (χ0v) is 13.4.